The zero-order valence-corrected chi connectivity index (χ0v) is 16.3. The molecule has 2 aliphatic rings. The number of allylic oxidation sites excluding steroid dienone is 1. The van der Waals surface area contributed by atoms with Crippen molar-refractivity contribution in [3.8, 4) is 6.07 Å². The number of anilines is 2. The Labute approximate surface area is 168 Å². The molecule has 0 saturated carbocycles. The molecule has 0 aliphatic carbocycles. The van der Waals surface area contributed by atoms with Crippen LogP contribution in [0.5, 0.6) is 0 Å². The summed E-state index contributed by atoms with van der Waals surface area (Å²) in [6.07, 6.45) is 0.366. The second-order valence-electron chi connectivity index (χ2n) is 7.09. The topological polar surface area (TPSA) is 112 Å². The van der Waals surface area contributed by atoms with Gasteiger partial charge in [-0.15, -0.1) is 0 Å². The van der Waals surface area contributed by atoms with Crippen LogP contribution >= 0.6 is 0 Å². The van der Waals surface area contributed by atoms with Gasteiger partial charge in [-0.3, -0.25) is 9.69 Å². The summed E-state index contributed by atoms with van der Waals surface area (Å²) in [6, 6.07) is 6.84. The molecule has 1 aromatic rings. The van der Waals surface area contributed by atoms with Gasteiger partial charge in [0.15, 0.2) is 0 Å². The Hall–Kier alpha value is -3.12. The molecule has 0 radical (unpaired) electrons. The lowest BCUT2D eigenvalue weighted by Crippen LogP contribution is -2.37. The number of halogens is 1. The molecule has 3 N–H and O–H groups in total. The van der Waals surface area contributed by atoms with Crippen molar-refractivity contribution in [2.24, 2.45) is 5.73 Å². The number of rotatable bonds is 5. The molecule has 9 heteroatoms. The minimum absolute atomic E-state index is 0.138. The molecule has 2 fully saturated rings. The lowest BCUT2D eigenvalue weighted by molar-refractivity contribution is -0.120. The summed E-state index contributed by atoms with van der Waals surface area (Å²) in [7, 11) is 0. The van der Waals surface area contributed by atoms with E-state index in [1.165, 1.54) is 11.0 Å². The van der Waals surface area contributed by atoms with Crippen molar-refractivity contribution >= 4 is 23.4 Å². The summed E-state index contributed by atoms with van der Waals surface area (Å²) in [6.45, 7) is 3.32. The van der Waals surface area contributed by atoms with Crippen molar-refractivity contribution in [1.82, 2.24) is 5.32 Å². The molecule has 1 aromatic carbocycles. The van der Waals surface area contributed by atoms with Crippen molar-refractivity contribution in [2.45, 2.75) is 25.9 Å². The molecule has 3 rings (SSSR count). The first-order chi connectivity index (χ1) is 13.9. The number of ether oxygens (including phenoxy) is 1. The summed E-state index contributed by atoms with van der Waals surface area (Å²) in [5.41, 5.74) is 7.97. The number of benzene rings is 1. The number of carbonyl (C=O) groups is 2. The first kappa shape index (κ1) is 20.6. The van der Waals surface area contributed by atoms with Crippen LogP contribution < -0.4 is 20.9 Å². The Kier molecular flexibility index (Phi) is 6.34. The molecule has 0 bridgehead atoms. The van der Waals surface area contributed by atoms with E-state index < -0.39 is 18.0 Å². The number of cyclic esters (lactones) is 1. The zero-order valence-electron chi connectivity index (χ0n) is 16.3. The fourth-order valence-corrected chi connectivity index (χ4v) is 3.53. The third-order valence-corrected chi connectivity index (χ3v) is 5.24. The van der Waals surface area contributed by atoms with Crippen LogP contribution in [-0.2, 0) is 9.53 Å². The third-order valence-electron chi connectivity index (χ3n) is 5.24. The Balaban J connectivity index is 1.65. The van der Waals surface area contributed by atoms with Gasteiger partial charge in [-0.05, 0) is 38.0 Å². The molecule has 2 saturated heterocycles. The molecule has 2 amide bonds. The Morgan fingerprint density at radius 1 is 1.41 bits per heavy atom. The van der Waals surface area contributed by atoms with Gasteiger partial charge >= 0.3 is 6.09 Å². The number of piperidine rings is 1. The largest absolute Gasteiger partial charge is 0.442 e. The lowest BCUT2D eigenvalue weighted by atomic mass is 9.99. The molecular weight excluding hydrogens is 377 g/mol. The van der Waals surface area contributed by atoms with Gasteiger partial charge in [0.1, 0.15) is 11.9 Å². The minimum atomic E-state index is -0.580. The summed E-state index contributed by atoms with van der Waals surface area (Å²) in [5, 5.41) is 11.6. The van der Waals surface area contributed by atoms with Crippen LogP contribution in [0.2, 0.25) is 0 Å². The van der Waals surface area contributed by atoms with Crippen molar-refractivity contribution in [2.75, 3.05) is 42.5 Å². The summed E-state index contributed by atoms with van der Waals surface area (Å²) in [4.78, 5) is 26.7. The van der Waals surface area contributed by atoms with Crippen LogP contribution in [0.25, 0.3) is 0 Å². The standard InChI is InChI=1S/C20H24FN5O3/c1-13(9-22)14-4-6-25(7-5-14)18-3-2-15(8-17(18)21)26-12-16(29-20(26)28)11-24-19(27)10-23/h2-3,8,16H,4-7,10-12,23H2,1H3,(H,24,27). The highest BCUT2D eigenvalue weighted by Crippen LogP contribution is 2.30. The number of nitrogens with zero attached hydrogens (tertiary/aromatic N) is 3. The van der Waals surface area contributed by atoms with Gasteiger partial charge in [0, 0.05) is 18.7 Å². The van der Waals surface area contributed by atoms with Crippen LogP contribution in [0.15, 0.2) is 29.3 Å². The highest BCUT2D eigenvalue weighted by molar-refractivity contribution is 5.90. The highest BCUT2D eigenvalue weighted by Gasteiger charge is 2.33. The lowest BCUT2D eigenvalue weighted by Gasteiger charge is -2.31. The van der Waals surface area contributed by atoms with Gasteiger partial charge < -0.3 is 20.7 Å². The summed E-state index contributed by atoms with van der Waals surface area (Å²) >= 11 is 0. The maximum Gasteiger partial charge on any atom is 0.414 e. The van der Waals surface area contributed by atoms with Gasteiger partial charge in [0.25, 0.3) is 0 Å². The number of amides is 2. The molecule has 29 heavy (non-hydrogen) atoms. The average molecular weight is 401 g/mol. The second-order valence-corrected chi connectivity index (χ2v) is 7.09. The molecule has 154 valence electrons. The van der Waals surface area contributed by atoms with Crippen molar-refractivity contribution in [3.05, 3.63) is 35.2 Å². The maximum atomic E-state index is 14.8. The fraction of sp³-hybridized carbons (Fsp3) is 0.450. The van der Waals surface area contributed by atoms with Crippen LogP contribution in [-0.4, -0.2) is 50.8 Å². The van der Waals surface area contributed by atoms with Gasteiger partial charge in [-0.25, -0.2) is 9.18 Å². The number of nitriles is 1. The molecule has 0 aromatic heterocycles. The van der Waals surface area contributed by atoms with Gasteiger partial charge in [0.05, 0.1) is 37.1 Å². The molecule has 1 atom stereocenters. The molecular formula is C20H24FN5O3. The van der Waals surface area contributed by atoms with E-state index in [-0.39, 0.29) is 25.5 Å². The zero-order chi connectivity index (χ0) is 21.0. The minimum Gasteiger partial charge on any atom is -0.442 e. The first-order valence-electron chi connectivity index (χ1n) is 9.51. The molecule has 2 aliphatic heterocycles. The number of hydrogen-bond acceptors (Lipinski definition) is 6. The quantitative estimate of drug-likeness (QED) is 0.726. The average Bonchev–Trinajstić information content (AvgIpc) is 3.12. The number of nitrogens with two attached hydrogens (primary N) is 1. The molecule has 8 nitrogen and oxygen atoms in total. The van der Waals surface area contributed by atoms with Crippen molar-refractivity contribution < 1.29 is 18.7 Å². The molecule has 2 heterocycles. The van der Waals surface area contributed by atoms with Crippen molar-refractivity contribution in [3.63, 3.8) is 0 Å². The summed E-state index contributed by atoms with van der Waals surface area (Å²) in [5.74, 6) is -0.751. The van der Waals surface area contributed by atoms with E-state index in [0.717, 1.165) is 24.0 Å². The summed E-state index contributed by atoms with van der Waals surface area (Å²) < 4.78 is 20.0. The van der Waals surface area contributed by atoms with E-state index in [2.05, 4.69) is 11.4 Å². The van der Waals surface area contributed by atoms with E-state index in [0.29, 0.717) is 24.5 Å². The number of nitrogens with one attached hydrogen (secondary N) is 1. The predicted octanol–water partition coefficient (Wildman–Crippen LogP) is 1.67. The SMILES string of the molecule is CC(C#N)=C1CCN(c2ccc(N3CC(CNC(=O)CN)OC3=O)cc2F)CC1. The first-order valence-corrected chi connectivity index (χ1v) is 9.51. The van der Waals surface area contributed by atoms with Crippen LogP contribution in [0.4, 0.5) is 20.6 Å². The third kappa shape index (κ3) is 4.66. The van der Waals surface area contributed by atoms with Crippen molar-refractivity contribution in [1.29, 1.82) is 5.26 Å². The van der Waals surface area contributed by atoms with E-state index in [1.807, 2.05) is 11.8 Å². The maximum absolute atomic E-state index is 14.8. The van der Waals surface area contributed by atoms with Gasteiger partial charge in [-0.1, -0.05) is 5.57 Å². The van der Waals surface area contributed by atoms with Crippen LogP contribution in [0, 0.1) is 17.1 Å². The Morgan fingerprint density at radius 2 is 2.14 bits per heavy atom. The van der Waals surface area contributed by atoms with E-state index in [4.69, 9.17) is 15.7 Å². The number of carbonyl (C=O) groups excluding carboxylic acids is 2. The van der Waals surface area contributed by atoms with Crippen LogP contribution in [0.3, 0.4) is 0 Å². The molecule has 0 spiro atoms. The Bertz CT molecular complexity index is 869. The van der Waals surface area contributed by atoms with Crippen LogP contribution in [0.1, 0.15) is 19.8 Å². The van der Waals surface area contributed by atoms with E-state index in [9.17, 15) is 14.0 Å². The molecule has 1 unspecified atom stereocenters. The monoisotopic (exact) mass is 401 g/mol. The van der Waals surface area contributed by atoms with Gasteiger partial charge in [-0.2, -0.15) is 5.26 Å². The predicted molar refractivity (Wildman–Crippen MR) is 106 cm³/mol. The highest BCUT2D eigenvalue weighted by atomic mass is 19.1. The van der Waals surface area contributed by atoms with Gasteiger partial charge in [0.2, 0.25) is 5.91 Å². The number of hydrogen-bond donors (Lipinski definition) is 2. The van der Waals surface area contributed by atoms with E-state index >= 15 is 0 Å². The smallest absolute Gasteiger partial charge is 0.414 e. The Morgan fingerprint density at radius 3 is 2.76 bits per heavy atom. The normalized spacial score (nSPS) is 19.0. The fourth-order valence-electron chi connectivity index (χ4n) is 3.53. The second kappa shape index (κ2) is 8.92. The van der Waals surface area contributed by atoms with E-state index in [1.54, 1.807) is 12.1 Å².